The molecule has 0 spiro atoms. The molecule has 0 aromatic heterocycles. The first kappa shape index (κ1) is 16.4. The molecular weight excluding hydrogens is 303 g/mol. The molecule has 1 aromatic carbocycles. The Bertz CT molecular complexity index is 587. The number of alkyl halides is 3. The minimum Gasteiger partial charge on any atom is -0.466 e. The minimum atomic E-state index is -5.60. The summed E-state index contributed by atoms with van der Waals surface area (Å²) in [6.07, 6.45) is -5.60. The summed E-state index contributed by atoms with van der Waals surface area (Å²) in [7, 11) is -4.20. The van der Waals surface area contributed by atoms with E-state index in [0.29, 0.717) is 7.11 Å². The van der Waals surface area contributed by atoms with Crippen molar-refractivity contribution in [1.82, 2.24) is 4.72 Å². The van der Waals surface area contributed by atoms with Gasteiger partial charge >= 0.3 is 17.9 Å². The number of halogens is 3. The fourth-order valence-electron chi connectivity index (χ4n) is 1.22. The maximum absolute atomic E-state index is 12.7. The van der Waals surface area contributed by atoms with Gasteiger partial charge in [-0.1, -0.05) is 18.2 Å². The van der Waals surface area contributed by atoms with Gasteiger partial charge in [-0.2, -0.15) is 17.9 Å². The van der Waals surface area contributed by atoms with Gasteiger partial charge in [0, 0.05) is 0 Å². The largest absolute Gasteiger partial charge is 0.466 e. The fourth-order valence-corrected chi connectivity index (χ4v) is 2.44. The third-order valence-electron chi connectivity index (χ3n) is 2.23. The number of benzene rings is 1. The summed E-state index contributed by atoms with van der Waals surface area (Å²) in [4.78, 5) is 10.5. The molecule has 1 rings (SSSR count). The highest BCUT2D eigenvalue weighted by molar-refractivity contribution is 7.89. The van der Waals surface area contributed by atoms with Gasteiger partial charge in [0.2, 0.25) is 10.0 Å². The molecule has 10 heteroatoms. The van der Waals surface area contributed by atoms with E-state index in [1.807, 2.05) is 0 Å². The van der Waals surface area contributed by atoms with Crippen LogP contribution in [-0.4, -0.2) is 38.5 Å². The van der Waals surface area contributed by atoms with Crippen molar-refractivity contribution in [1.29, 1.82) is 0 Å². The monoisotopic (exact) mass is 313 g/mol. The van der Waals surface area contributed by atoms with Gasteiger partial charge in [-0.15, -0.1) is 0 Å². The number of rotatable bonds is 4. The number of aliphatic hydroxyl groups is 1. The van der Waals surface area contributed by atoms with E-state index >= 15 is 0 Å². The average Bonchev–Trinajstić information content (AvgIpc) is 2.37. The van der Waals surface area contributed by atoms with Crippen molar-refractivity contribution in [3.63, 3.8) is 0 Å². The van der Waals surface area contributed by atoms with Crippen molar-refractivity contribution < 1.29 is 36.2 Å². The summed E-state index contributed by atoms with van der Waals surface area (Å²) >= 11 is 0. The Balaban J connectivity index is 3.25. The van der Waals surface area contributed by atoms with Gasteiger partial charge in [0.1, 0.15) is 0 Å². The molecule has 20 heavy (non-hydrogen) atoms. The molecule has 1 unspecified atom stereocenters. The maximum Gasteiger partial charge on any atom is 0.443 e. The Morgan fingerprint density at radius 1 is 1.25 bits per heavy atom. The summed E-state index contributed by atoms with van der Waals surface area (Å²) in [5.74, 6) is -2.19. The van der Waals surface area contributed by atoms with Crippen LogP contribution in [0.3, 0.4) is 0 Å². The van der Waals surface area contributed by atoms with Gasteiger partial charge in [0.15, 0.2) is 0 Å². The molecule has 0 aliphatic heterocycles. The molecule has 0 radical (unpaired) electrons. The van der Waals surface area contributed by atoms with Crippen molar-refractivity contribution in [2.45, 2.75) is 16.8 Å². The number of methoxy groups -OCH3 is 1. The summed E-state index contributed by atoms with van der Waals surface area (Å²) in [6, 6.07) is 5.96. The molecule has 2 N–H and O–H groups in total. The summed E-state index contributed by atoms with van der Waals surface area (Å²) in [5.41, 5.74) is -4.36. The van der Waals surface area contributed by atoms with E-state index in [1.165, 1.54) is 18.2 Å². The summed E-state index contributed by atoms with van der Waals surface area (Å²) < 4.78 is 66.3. The third-order valence-corrected chi connectivity index (χ3v) is 3.68. The minimum absolute atomic E-state index is 0.549. The molecule has 0 fully saturated rings. The predicted octanol–water partition coefficient (Wildman–Crippen LogP) is 0.389. The van der Waals surface area contributed by atoms with Crippen LogP contribution in [0, 0.1) is 0 Å². The van der Waals surface area contributed by atoms with Crippen LogP contribution in [0.2, 0.25) is 0 Å². The van der Waals surface area contributed by atoms with Crippen molar-refractivity contribution in [2.24, 2.45) is 0 Å². The van der Waals surface area contributed by atoms with E-state index in [1.54, 1.807) is 0 Å². The van der Waals surface area contributed by atoms with Gasteiger partial charge in [0.05, 0.1) is 12.0 Å². The van der Waals surface area contributed by atoms with Crippen molar-refractivity contribution >= 4 is 16.0 Å². The normalized spacial score (nSPS) is 15.4. The number of hydrogen-bond acceptors (Lipinski definition) is 5. The number of carbonyl (C=O) groups excluding carboxylic acids is 1. The van der Waals surface area contributed by atoms with Gasteiger partial charge in [-0.25, -0.2) is 13.2 Å². The third kappa shape index (κ3) is 3.08. The molecule has 0 saturated carbocycles. The average molecular weight is 313 g/mol. The Kier molecular flexibility index (Phi) is 4.42. The Morgan fingerprint density at radius 2 is 1.75 bits per heavy atom. The lowest BCUT2D eigenvalue weighted by molar-refractivity contribution is -0.265. The smallest absolute Gasteiger partial charge is 0.443 e. The van der Waals surface area contributed by atoms with Gasteiger partial charge < -0.3 is 9.84 Å². The first-order valence-electron chi connectivity index (χ1n) is 5.01. The van der Waals surface area contributed by atoms with Crippen LogP contribution in [0.15, 0.2) is 35.2 Å². The predicted molar refractivity (Wildman–Crippen MR) is 59.8 cm³/mol. The molecule has 1 aromatic rings. The van der Waals surface area contributed by atoms with Crippen molar-refractivity contribution in [2.75, 3.05) is 7.11 Å². The molecular formula is C10H10F3NO5S. The van der Waals surface area contributed by atoms with Crippen LogP contribution in [0.4, 0.5) is 13.2 Å². The van der Waals surface area contributed by atoms with Crippen LogP contribution >= 0.6 is 0 Å². The van der Waals surface area contributed by atoms with Crippen LogP contribution < -0.4 is 4.72 Å². The molecule has 1 atom stereocenters. The van der Waals surface area contributed by atoms with E-state index in [0.717, 1.165) is 16.9 Å². The Labute approximate surface area is 112 Å². The zero-order chi connectivity index (χ0) is 15.6. The Hall–Kier alpha value is -1.65. The maximum atomic E-state index is 12.7. The van der Waals surface area contributed by atoms with Crippen molar-refractivity contribution in [3.05, 3.63) is 30.3 Å². The molecule has 0 aliphatic rings. The number of nitrogens with one attached hydrogen (secondary N) is 1. The number of carbonyl (C=O) groups is 1. The molecule has 0 bridgehead atoms. The van der Waals surface area contributed by atoms with E-state index < -0.39 is 32.8 Å². The van der Waals surface area contributed by atoms with Gasteiger partial charge in [-0.3, -0.25) is 0 Å². The van der Waals surface area contributed by atoms with Crippen LogP contribution in [0.5, 0.6) is 0 Å². The molecule has 0 heterocycles. The molecule has 0 aliphatic carbocycles. The fraction of sp³-hybridized carbons (Fsp3) is 0.300. The zero-order valence-electron chi connectivity index (χ0n) is 10.0. The SMILES string of the molecule is COC(=O)C(O)(NS(=O)(=O)c1ccccc1)C(F)(F)F. The lowest BCUT2D eigenvalue weighted by Crippen LogP contribution is -2.64. The quantitative estimate of drug-likeness (QED) is 0.619. The van der Waals surface area contributed by atoms with E-state index in [2.05, 4.69) is 4.74 Å². The molecule has 0 saturated heterocycles. The van der Waals surface area contributed by atoms with Crippen LogP contribution in [0.25, 0.3) is 0 Å². The highest BCUT2D eigenvalue weighted by atomic mass is 32.2. The topological polar surface area (TPSA) is 92.7 Å². The van der Waals surface area contributed by atoms with E-state index in [9.17, 15) is 31.5 Å². The molecule has 112 valence electrons. The number of sulfonamides is 1. The standard InChI is InChI=1S/C10H10F3NO5S/c1-19-8(15)9(16,10(11,12)13)14-20(17,18)7-5-3-2-4-6-7/h2-6,14,16H,1H3. The van der Waals surface area contributed by atoms with E-state index in [4.69, 9.17) is 0 Å². The second-order valence-corrected chi connectivity index (χ2v) is 5.30. The first-order chi connectivity index (χ1) is 9.04. The van der Waals surface area contributed by atoms with Crippen molar-refractivity contribution in [3.8, 4) is 0 Å². The highest BCUT2D eigenvalue weighted by Crippen LogP contribution is 2.30. The zero-order valence-corrected chi connectivity index (χ0v) is 10.8. The second-order valence-electron chi connectivity index (χ2n) is 3.62. The summed E-state index contributed by atoms with van der Waals surface area (Å²) in [5, 5.41) is 9.32. The summed E-state index contributed by atoms with van der Waals surface area (Å²) in [6.45, 7) is 0. The first-order valence-corrected chi connectivity index (χ1v) is 6.49. The molecule has 6 nitrogen and oxygen atoms in total. The van der Waals surface area contributed by atoms with Crippen LogP contribution in [0.1, 0.15) is 0 Å². The van der Waals surface area contributed by atoms with E-state index in [-0.39, 0.29) is 0 Å². The number of ether oxygens (including phenoxy) is 1. The molecule has 0 amide bonds. The second kappa shape index (κ2) is 5.38. The number of esters is 1. The van der Waals surface area contributed by atoms with Crippen LogP contribution in [-0.2, 0) is 19.6 Å². The van der Waals surface area contributed by atoms with Gasteiger partial charge in [0.25, 0.3) is 0 Å². The lowest BCUT2D eigenvalue weighted by atomic mass is 10.2. The highest BCUT2D eigenvalue weighted by Gasteiger charge is 2.63. The lowest BCUT2D eigenvalue weighted by Gasteiger charge is -2.27. The Morgan fingerprint density at radius 3 is 2.15 bits per heavy atom. The van der Waals surface area contributed by atoms with Gasteiger partial charge in [-0.05, 0) is 12.1 Å². The number of hydrogen-bond donors (Lipinski definition) is 2.